The summed E-state index contributed by atoms with van der Waals surface area (Å²) in [6.07, 6.45) is 3.08. The SMILES string of the molecule is Cc1cc(-c2ncc(C#N)cn2)cc(C)c1C1C(=O)CC(CC(=O)N2CCOCC2)C1=O. The summed E-state index contributed by atoms with van der Waals surface area (Å²) in [6.45, 7) is 5.77. The molecule has 0 bridgehead atoms. The zero-order valence-corrected chi connectivity index (χ0v) is 18.1. The second-order valence-corrected chi connectivity index (χ2v) is 8.33. The first-order valence-electron chi connectivity index (χ1n) is 10.6. The molecule has 2 heterocycles. The highest BCUT2D eigenvalue weighted by Gasteiger charge is 2.44. The number of aryl methyl sites for hydroxylation is 2. The molecule has 1 aromatic carbocycles. The number of ether oxygens (including phenoxy) is 1. The predicted molar refractivity (Wildman–Crippen MR) is 115 cm³/mol. The first kappa shape index (κ1) is 21.8. The molecule has 164 valence electrons. The van der Waals surface area contributed by atoms with E-state index < -0.39 is 11.8 Å². The predicted octanol–water partition coefficient (Wildman–Crippen LogP) is 2.12. The van der Waals surface area contributed by atoms with Gasteiger partial charge >= 0.3 is 0 Å². The fourth-order valence-electron chi connectivity index (χ4n) is 4.58. The highest BCUT2D eigenvalue weighted by molar-refractivity contribution is 6.15. The molecule has 1 aliphatic carbocycles. The minimum absolute atomic E-state index is 0.0658. The number of nitriles is 1. The topological polar surface area (TPSA) is 113 Å². The van der Waals surface area contributed by atoms with Crippen molar-refractivity contribution in [3.05, 3.63) is 46.8 Å². The third kappa shape index (κ3) is 4.16. The summed E-state index contributed by atoms with van der Waals surface area (Å²) in [7, 11) is 0. The highest BCUT2D eigenvalue weighted by atomic mass is 16.5. The van der Waals surface area contributed by atoms with Crippen LogP contribution in [0.3, 0.4) is 0 Å². The van der Waals surface area contributed by atoms with E-state index in [0.717, 1.165) is 16.7 Å². The largest absolute Gasteiger partial charge is 0.378 e. The Kier molecular flexibility index (Phi) is 6.10. The van der Waals surface area contributed by atoms with Crippen LogP contribution < -0.4 is 0 Å². The summed E-state index contributed by atoms with van der Waals surface area (Å²) in [6, 6.07) is 5.70. The van der Waals surface area contributed by atoms with Gasteiger partial charge in [-0.1, -0.05) is 0 Å². The second-order valence-electron chi connectivity index (χ2n) is 8.33. The van der Waals surface area contributed by atoms with Gasteiger partial charge in [0.05, 0.1) is 18.8 Å². The zero-order valence-electron chi connectivity index (χ0n) is 18.1. The van der Waals surface area contributed by atoms with Crippen molar-refractivity contribution >= 4 is 17.5 Å². The first-order chi connectivity index (χ1) is 15.4. The third-order valence-electron chi connectivity index (χ3n) is 6.16. The van der Waals surface area contributed by atoms with Crippen LogP contribution in [0.15, 0.2) is 24.5 Å². The smallest absolute Gasteiger partial charge is 0.223 e. The fourth-order valence-corrected chi connectivity index (χ4v) is 4.58. The molecule has 1 saturated heterocycles. The molecule has 2 aliphatic rings. The van der Waals surface area contributed by atoms with Crippen molar-refractivity contribution in [2.45, 2.75) is 32.6 Å². The number of hydrogen-bond acceptors (Lipinski definition) is 7. The highest BCUT2D eigenvalue weighted by Crippen LogP contribution is 2.38. The quantitative estimate of drug-likeness (QED) is 0.680. The molecule has 0 spiro atoms. The van der Waals surface area contributed by atoms with Gasteiger partial charge in [-0.2, -0.15) is 5.26 Å². The number of morpholine rings is 1. The Morgan fingerprint density at radius 1 is 1.16 bits per heavy atom. The van der Waals surface area contributed by atoms with Crippen LogP contribution in [0.4, 0.5) is 0 Å². The van der Waals surface area contributed by atoms with Gasteiger partial charge in [0, 0.05) is 49.8 Å². The van der Waals surface area contributed by atoms with Gasteiger partial charge in [-0.25, -0.2) is 9.97 Å². The van der Waals surface area contributed by atoms with Crippen LogP contribution in [0.5, 0.6) is 0 Å². The second kappa shape index (κ2) is 8.97. The zero-order chi connectivity index (χ0) is 22.8. The normalized spacial score (nSPS) is 21.0. The van der Waals surface area contributed by atoms with Crippen LogP contribution in [0.25, 0.3) is 11.4 Å². The van der Waals surface area contributed by atoms with Gasteiger partial charge in [-0.15, -0.1) is 0 Å². The number of rotatable bonds is 4. The minimum Gasteiger partial charge on any atom is -0.378 e. The molecule has 2 aromatic rings. The summed E-state index contributed by atoms with van der Waals surface area (Å²) in [5, 5.41) is 8.92. The van der Waals surface area contributed by atoms with E-state index in [2.05, 4.69) is 9.97 Å². The van der Waals surface area contributed by atoms with Crippen LogP contribution >= 0.6 is 0 Å². The number of nitrogens with zero attached hydrogens (tertiary/aromatic N) is 4. The Morgan fingerprint density at radius 2 is 1.78 bits per heavy atom. The average Bonchev–Trinajstić information content (AvgIpc) is 3.07. The molecule has 8 heteroatoms. The van der Waals surface area contributed by atoms with E-state index >= 15 is 0 Å². The number of carbonyl (C=O) groups excluding carboxylic acids is 3. The molecular weight excluding hydrogens is 408 g/mol. The molecule has 2 atom stereocenters. The van der Waals surface area contributed by atoms with E-state index in [1.54, 1.807) is 4.90 Å². The van der Waals surface area contributed by atoms with Crippen molar-refractivity contribution in [3.8, 4) is 17.5 Å². The molecule has 2 unspecified atom stereocenters. The molecule has 1 saturated carbocycles. The summed E-state index contributed by atoms with van der Waals surface area (Å²) in [5.41, 5.74) is 3.45. The van der Waals surface area contributed by atoms with Crippen molar-refractivity contribution in [1.29, 1.82) is 5.26 Å². The summed E-state index contributed by atoms with van der Waals surface area (Å²) >= 11 is 0. The van der Waals surface area contributed by atoms with Gasteiger partial charge < -0.3 is 9.64 Å². The van der Waals surface area contributed by atoms with Crippen LogP contribution in [-0.2, 0) is 19.1 Å². The van der Waals surface area contributed by atoms with Crippen LogP contribution in [0.2, 0.25) is 0 Å². The van der Waals surface area contributed by atoms with Gasteiger partial charge in [0.2, 0.25) is 5.91 Å². The molecule has 0 radical (unpaired) electrons. The number of benzene rings is 1. The van der Waals surface area contributed by atoms with Gasteiger partial charge in [-0.3, -0.25) is 14.4 Å². The summed E-state index contributed by atoms with van der Waals surface area (Å²) in [5.74, 6) is -1.35. The number of hydrogen-bond donors (Lipinski definition) is 0. The Labute approximate surface area is 186 Å². The number of ketones is 2. The van der Waals surface area contributed by atoms with Crippen molar-refractivity contribution in [1.82, 2.24) is 14.9 Å². The fraction of sp³-hybridized carbons (Fsp3) is 0.417. The van der Waals surface area contributed by atoms with Crippen molar-refractivity contribution in [2.75, 3.05) is 26.3 Å². The van der Waals surface area contributed by atoms with Gasteiger partial charge in [-0.05, 0) is 42.7 Å². The molecule has 1 aliphatic heterocycles. The lowest BCUT2D eigenvalue weighted by Crippen LogP contribution is -2.41. The van der Waals surface area contributed by atoms with Crippen molar-refractivity contribution < 1.29 is 19.1 Å². The van der Waals surface area contributed by atoms with E-state index in [1.807, 2.05) is 32.0 Å². The maximum absolute atomic E-state index is 13.2. The maximum Gasteiger partial charge on any atom is 0.223 e. The summed E-state index contributed by atoms with van der Waals surface area (Å²) < 4.78 is 5.27. The molecule has 2 fully saturated rings. The first-order valence-corrected chi connectivity index (χ1v) is 10.6. The Balaban J connectivity index is 1.56. The van der Waals surface area contributed by atoms with Crippen LogP contribution in [-0.4, -0.2) is 58.6 Å². The van der Waals surface area contributed by atoms with Gasteiger partial charge in [0.15, 0.2) is 11.6 Å². The van der Waals surface area contributed by atoms with E-state index in [-0.39, 0.29) is 30.3 Å². The lowest BCUT2D eigenvalue weighted by atomic mass is 9.86. The van der Waals surface area contributed by atoms with Crippen LogP contribution in [0, 0.1) is 31.1 Å². The van der Waals surface area contributed by atoms with E-state index in [9.17, 15) is 14.4 Å². The standard InChI is InChI=1S/C24H24N4O4/c1-14-7-18(24-26-12-16(11-25)13-27-24)8-15(2)21(14)22-19(29)9-17(23(22)31)10-20(30)28-3-5-32-6-4-28/h7-8,12-13,17,22H,3-6,9-10H2,1-2H3. The third-order valence-corrected chi connectivity index (χ3v) is 6.16. The molecule has 8 nitrogen and oxygen atoms in total. The number of Topliss-reactive ketones (excluding diaryl/α,β-unsaturated/α-hetero) is 2. The molecule has 4 rings (SSSR count). The molecule has 32 heavy (non-hydrogen) atoms. The summed E-state index contributed by atoms with van der Waals surface area (Å²) in [4.78, 5) is 48.8. The van der Waals surface area contributed by atoms with E-state index in [4.69, 9.17) is 10.00 Å². The lowest BCUT2D eigenvalue weighted by Gasteiger charge is -2.27. The van der Waals surface area contributed by atoms with Crippen molar-refractivity contribution in [2.24, 2.45) is 5.92 Å². The monoisotopic (exact) mass is 432 g/mol. The lowest BCUT2D eigenvalue weighted by molar-refractivity contribution is -0.138. The van der Waals surface area contributed by atoms with E-state index in [1.165, 1.54) is 12.4 Å². The number of aromatic nitrogens is 2. The average molecular weight is 432 g/mol. The molecule has 1 aromatic heterocycles. The Hall–Kier alpha value is -3.44. The minimum atomic E-state index is -0.839. The van der Waals surface area contributed by atoms with Crippen molar-refractivity contribution in [3.63, 3.8) is 0 Å². The Morgan fingerprint density at radius 3 is 2.38 bits per heavy atom. The molecular formula is C24H24N4O4. The Bertz CT molecular complexity index is 1090. The van der Waals surface area contributed by atoms with E-state index in [0.29, 0.717) is 43.3 Å². The maximum atomic E-state index is 13.2. The number of carbonyl (C=O) groups is 3. The molecule has 1 amide bonds. The molecule has 0 N–H and O–H groups in total. The van der Waals surface area contributed by atoms with Gasteiger partial charge in [0.1, 0.15) is 17.8 Å². The van der Waals surface area contributed by atoms with Crippen LogP contribution in [0.1, 0.15) is 41.0 Å². The number of amides is 1. The van der Waals surface area contributed by atoms with Gasteiger partial charge in [0.25, 0.3) is 0 Å².